The summed E-state index contributed by atoms with van der Waals surface area (Å²) < 4.78 is 0. The molecular formula is C12H19ClN4O. The van der Waals surface area contributed by atoms with Crippen LogP contribution in [0.15, 0.2) is 11.0 Å². The number of hydrogen-bond acceptors (Lipinski definition) is 4. The molecule has 0 bridgehead atoms. The third kappa shape index (κ3) is 2.84. The fourth-order valence-electron chi connectivity index (χ4n) is 2.41. The third-order valence-electron chi connectivity index (χ3n) is 3.26. The van der Waals surface area contributed by atoms with Crippen LogP contribution in [0.1, 0.15) is 26.2 Å². The molecule has 1 atom stereocenters. The van der Waals surface area contributed by atoms with E-state index >= 15 is 0 Å². The Morgan fingerprint density at radius 2 is 2.44 bits per heavy atom. The van der Waals surface area contributed by atoms with Crippen molar-refractivity contribution in [2.75, 3.05) is 24.5 Å². The highest BCUT2D eigenvalue weighted by atomic mass is 35.5. The van der Waals surface area contributed by atoms with Crippen LogP contribution in [-0.2, 0) is 0 Å². The second-order valence-electron chi connectivity index (χ2n) is 4.59. The van der Waals surface area contributed by atoms with Crippen molar-refractivity contribution in [2.45, 2.75) is 32.2 Å². The maximum absolute atomic E-state index is 11.5. The first-order chi connectivity index (χ1) is 8.74. The first kappa shape index (κ1) is 13.4. The molecule has 100 valence electrons. The summed E-state index contributed by atoms with van der Waals surface area (Å²) in [7, 11) is 0. The predicted molar refractivity (Wildman–Crippen MR) is 73.4 cm³/mol. The van der Waals surface area contributed by atoms with Crippen molar-refractivity contribution in [3.63, 3.8) is 0 Å². The molecular weight excluding hydrogens is 252 g/mol. The van der Waals surface area contributed by atoms with Crippen molar-refractivity contribution in [2.24, 2.45) is 0 Å². The van der Waals surface area contributed by atoms with E-state index in [2.05, 4.69) is 27.3 Å². The van der Waals surface area contributed by atoms with Gasteiger partial charge in [-0.05, 0) is 25.8 Å². The van der Waals surface area contributed by atoms with Gasteiger partial charge in [0.15, 0.2) is 0 Å². The average molecular weight is 271 g/mol. The number of piperidine rings is 1. The lowest BCUT2D eigenvalue weighted by atomic mass is 10.1. The summed E-state index contributed by atoms with van der Waals surface area (Å²) in [6, 6.07) is 0.389. The van der Waals surface area contributed by atoms with E-state index in [4.69, 9.17) is 11.6 Å². The van der Waals surface area contributed by atoms with Crippen LogP contribution >= 0.6 is 11.6 Å². The second-order valence-corrected chi connectivity index (χ2v) is 4.97. The Morgan fingerprint density at radius 1 is 1.61 bits per heavy atom. The van der Waals surface area contributed by atoms with Crippen molar-refractivity contribution < 1.29 is 0 Å². The maximum Gasteiger partial charge on any atom is 0.285 e. The van der Waals surface area contributed by atoms with E-state index in [0.717, 1.165) is 44.6 Å². The number of nitrogens with one attached hydrogen (secondary N) is 2. The van der Waals surface area contributed by atoms with Crippen LogP contribution in [0.4, 0.5) is 5.69 Å². The van der Waals surface area contributed by atoms with Gasteiger partial charge in [-0.15, -0.1) is 0 Å². The maximum atomic E-state index is 11.5. The molecule has 18 heavy (non-hydrogen) atoms. The van der Waals surface area contributed by atoms with Gasteiger partial charge in [0, 0.05) is 19.1 Å². The Kier molecular flexibility index (Phi) is 4.60. The Morgan fingerprint density at radius 3 is 3.11 bits per heavy atom. The lowest BCUT2D eigenvalue weighted by Gasteiger charge is -2.36. The van der Waals surface area contributed by atoms with Crippen LogP contribution in [0.3, 0.4) is 0 Å². The molecule has 1 fully saturated rings. The molecule has 6 heteroatoms. The molecule has 1 aliphatic rings. The fourth-order valence-corrected chi connectivity index (χ4v) is 2.61. The van der Waals surface area contributed by atoms with Crippen molar-refractivity contribution in [1.29, 1.82) is 0 Å². The summed E-state index contributed by atoms with van der Waals surface area (Å²) >= 11 is 6.10. The summed E-state index contributed by atoms with van der Waals surface area (Å²) in [5, 5.41) is 9.85. The number of halogens is 1. The van der Waals surface area contributed by atoms with Gasteiger partial charge in [-0.2, -0.15) is 5.10 Å². The Bertz CT molecular complexity index is 442. The summed E-state index contributed by atoms with van der Waals surface area (Å²) in [6.45, 7) is 5.01. The lowest BCUT2D eigenvalue weighted by molar-refractivity contribution is 0.430. The van der Waals surface area contributed by atoms with Crippen LogP contribution < -0.4 is 15.8 Å². The molecule has 0 saturated carbocycles. The number of H-pyrrole nitrogens is 1. The van der Waals surface area contributed by atoms with E-state index < -0.39 is 0 Å². The van der Waals surface area contributed by atoms with Gasteiger partial charge in [-0.1, -0.05) is 18.5 Å². The summed E-state index contributed by atoms with van der Waals surface area (Å²) in [6.07, 6.45) is 4.93. The SMILES string of the molecule is CCCN(c1cn[nH]c(=O)c1Cl)C1CCCNC1. The number of anilines is 1. The quantitative estimate of drug-likeness (QED) is 0.868. The first-order valence-corrected chi connectivity index (χ1v) is 6.82. The summed E-state index contributed by atoms with van der Waals surface area (Å²) in [4.78, 5) is 13.7. The number of nitrogens with zero attached hydrogens (tertiary/aromatic N) is 2. The van der Waals surface area contributed by atoms with Gasteiger partial charge in [0.25, 0.3) is 5.56 Å². The van der Waals surface area contributed by atoms with E-state index in [-0.39, 0.29) is 10.6 Å². The number of hydrogen-bond donors (Lipinski definition) is 2. The van der Waals surface area contributed by atoms with Crippen molar-refractivity contribution in [3.05, 3.63) is 21.6 Å². The van der Waals surface area contributed by atoms with Crippen LogP contribution in [0, 0.1) is 0 Å². The molecule has 1 saturated heterocycles. The molecule has 0 aromatic carbocycles. The topological polar surface area (TPSA) is 61.0 Å². The Balaban J connectivity index is 2.28. The largest absolute Gasteiger partial charge is 0.365 e. The Labute approximate surface area is 112 Å². The van der Waals surface area contributed by atoms with E-state index in [0.29, 0.717) is 6.04 Å². The molecule has 1 aromatic rings. The second kappa shape index (κ2) is 6.20. The van der Waals surface area contributed by atoms with Gasteiger partial charge in [-0.25, -0.2) is 5.10 Å². The third-order valence-corrected chi connectivity index (χ3v) is 3.63. The standard InChI is InChI=1S/C12H19ClN4O/c1-2-6-17(9-4-3-5-14-7-9)10-8-15-16-12(18)11(10)13/h8-9,14H,2-7H2,1H3,(H,16,18). The van der Waals surface area contributed by atoms with Crippen LogP contribution in [0.25, 0.3) is 0 Å². The van der Waals surface area contributed by atoms with Gasteiger partial charge < -0.3 is 10.2 Å². The first-order valence-electron chi connectivity index (χ1n) is 6.44. The average Bonchev–Trinajstić information content (AvgIpc) is 2.41. The van der Waals surface area contributed by atoms with Gasteiger partial charge >= 0.3 is 0 Å². The van der Waals surface area contributed by atoms with Crippen LogP contribution in [0.5, 0.6) is 0 Å². The van der Waals surface area contributed by atoms with Gasteiger partial charge in [0.2, 0.25) is 0 Å². The lowest BCUT2D eigenvalue weighted by Crippen LogP contribution is -2.47. The predicted octanol–water partition coefficient (Wildman–Crippen LogP) is 1.39. The molecule has 1 aliphatic heterocycles. The number of aromatic amines is 1. The molecule has 2 rings (SSSR count). The Hall–Kier alpha value is -1.07. The van der Waals surface area contributed by atoms with Crippen LogP contribution in [-0.4, -0.2) is 35.9 Å². The molecule has 0 radical (unpaired) electrons. The zero-order valence-corrected chi connectivity index (χ0v) is 11.3. The van der Waals surface area contributed by atoms with Gasteiger partial charge in [0.1, 0.15) is 5.02 Å². The number of aromatic nitrogens is 2. The van der Waals surface area contributed by atoms with Crippen molar-refractivity contribution in [1.82, 2.24) is 15.5 Å². The molecule has 0 spiro atoms. The highest BCUT2D eigenvalue weighted by Gasteiger charge is 2.23. The highest BCUT2D eigenvalue weighted by molar-refractivity contribution is 6.33. The molecule has 0 amide bonds. The zero-order valence-electron chi connectivity index (χ0n) is 10.6. The number of rotatable bonds is 4. The van der Waals surface area contributed by atoms with Gasteiger partial charge in [-0.3, -0.25) is 4.79 Å². The minimum absolute atomic E-state index is 0.240. The zero-order chi connectivity index (χ0) is 13.0. The molecule has 1 aromatic heterocycles. The summed E-state index contributed by atoms with van der Waals surface area (Å²) in [5.41, 5.74) is 0.426. The minimum atomic E-state index is -0.320. The van der Waals surface area contributed by atoms with E-state index in [1.807, 2.05) is 0 Å². The molecule has 5 nitrogen and oxygen atoms in total. The molecule has 2 heterocycles. The summed E-state index contributed by atoms with van der Waals surface area (Å²) in [5.74, 6) is 0. The van der Waals surface area contributed by atoms with E-state index in [9.17, 15) is 4.79 Å². The van der Waals surface area contributed by atoms with Gasteiger partial charge in [0.05, 0.1) is 11.9 Å². The smallest absolute Gasteiger partial charge is 0.285 e. The van der Waals surface area contributed by atoms with Crippen LogP contribution in [0.2, 0.25) is 5.02 Å². The highest BCUT2D eigenvalue weighted by Crippen LogP contribution is 2.25. The van der Waals surface area contributed by atoms with E-state index in [1.165, 1.54) is 0 Å². The molecule has 2 N–H and O–H groups in total. The minimum Gasteiger partial charge on any atom is -0.365 e. The monoisotopic (exact) mass is 270 g/mol. The fraction of sp³-hybridized carbons (Fsp3) is 0.667. The van der Waals surface area contributed by atoms with E-state index in [1.54, 1.807) is 6.20 Å². The normalized spacial score (nSPS) is 19.8. The van der Waals surface area contributed by atoms with Crippen molar-refractivity contribution >= 4 is 17.3 Å². The molecule has 1 unspecified atom stereocenters. The van der Waals surface area contributed by atoms with Crippen molar-refractivity contribution in [3.8, 4) is 0 Å². The molecule has 0 aliphatic carbocycles.